The molecule has 0 N–H and O–H groups in total. The van der Waals surface area contributed by atoms with Crippen molar-refractivity contribution in [3.63, 3.8) is 0 Å². The maximum absolute atomic E-state index is 4.45. The van der Waals surface area contributed by atoms with Crippen molar-refractivity contribution in [2.75, 3.05) is 7.11 Å². The Kier molecular flexibility index (Phi) is 5.06. The first-order chi connectivity index (χ1) is 3.81. The fourth-order valence-electron chi connectivity index (χ4n) is 0.232. The molecule has 0 aliphatic heterocycles. The summed E-state index contributed by atoms with van der Waals surface area (Å²) in [7, 11) is 1.53. The first kappa shape index (κ1) is 7.95. The molecule has 0 spiro atoms. The Morgan fingerprint density at radius 2 is 2.50 bits per heavy atom. The van der Waals surface area contributed by atoms with E-state index in [1.807, 2.05) is 0 Å². The van der Waals surface area contributed by atoms with Crippen molar-refractivity contribution in [2.45, 2.75) is 18.2 Å². The van der Waals surface area contributed by atoms with Gasteiger partial charge in [-0.3, -0.25) is 0 Å². The third-order valence-corrected chi connectivity index (χ3v) is 1.60. The monoisotopic (exact) mass is 179 g/mol. The van der Waals surface area contributed by atoms with E-state index in [0.29, 0.717) is 4.83 Å². The van der Waals surface area contributed by atoms with E-state index >= 15 is 0 Å². The Balaban J connectivity index is 3.21. The van der Waals surface area contributed by atoms with Crippen LogP contribution in [0.15, 0.2) is 5.16 Å². The van der Waals surface area contributed by atoms with Crippen LogP contribution in [-0.2, 0) is 4.84 Å². The number of nitrogens with zero attached hydrogens (tertiary/aromatic N) is 1. The number of alkyl halides is 1. The standard InChI is InChI=1S/C5H10BrNO/c1-3-5(6)4-7-8-2/h4-5H,3H2,1-2H3. The van der Waals surface area contributed by atoms with Gasteiger partial charge in [0.2, 0.25) is 0 Å². The third-order valence-electron chi connectivity index (χ3n) is 0.718. The summed E-state index contributed by atoms with van der Waals surface area (Å²) in [5.41, 5.74) is 0. The summed E-state index contributed by atoms with van der Waals surface area (Å²) >= 11 is 3.35. The summed E-state index contributed by atoms with van der Waals surface area (Å²) in [6.07, 6.45) is 2.76. The summed E-state index contributed by atoms with van der Waals surface area (Å²) in [4.78, 5) is 4.80. The zero-order chi connectivity index (χ0) is 6.41. The molecule has 0 rings (SSSR count). The highest BCUT2D eigenvalue weighted by atomic mass is 79.9. The van der Waals surface area contributed by atoms with Gasteiger partial charge in [0.15, 0.2) is 0 Å². The van der Waals surface area contributed by atoms with E-state index in [4.69, 9.17) is 0 Å². The predicted octanol–water partition coefficient (Wildman–Crippen LogP) is 1.79. The minimum atomic E-state index is 0.349. The molecule has 0 aromatic heterocycles. The van der Waals surface area contributed by atoms with Gasteiger partial charge in [-0.15, -0.1) is 0 Å². The van der Waals surface area contributed by atoms with Gasteiger partial charge in [-0.1, -0.05) is 28.0 Å². The van der Waals surface area contributed by atoms with E-state index in [9.17, 15) is 0 Å². The molecule has 0 amide bonds. The van der Waals surface area contributed by atoms with Gasteiger partial charge in [-0.05, 0) is 6.42 Å². The molecule has 0 aromatic carbocycles. The quantitative estimate of drug-likeness (QED) is 0.368. The van der Waals surface area contributed by atoms with Crippen molar-refractivity contribution in [1.82, 2.24) is 0 Å². The molecule has 0 saturated carbocycles. The highest BCUT2D eigenvalue weighted by Gasteiger charge is 1.91. The molecule has 1 unspecified atom stereocenters. The lowest BCUT2D eigenvalue weighted by Gasteiger charge is -1.93. The second-order valence-corrected chi connectivity index (χ2v) is 2.54. The fraction of sp³-hybridized carbons (Fsp3) is 0.800. The Morgan fingerprint density at radius 3 is 2.88 bits per heavy atom. The van der Waals surface area contributed by atoms with Crippen molar-refractivity contribution >= 4 is 22.1 Å². The van der Waals surface area contributed by atoms with Crippen LogP contribution in [0.1, 0.15) is 13.3 Å². The number of hydrogen-bond acceptors (Lipinski definition) is 2. The highest BCUT2D eigenvalue weighted by Crippen LogP contribution is 1.99. The van der Waals surface area contributed by atoms with Crippen LogP contribution >= 0.6 is 15.9 Å². The zero-order valence-electron chi connectivity index (χ0n) is 5.10. The molecular formula is C5H10BrNO. The maximum Gasteiger partial charge on any atom is 0.106 e. The Hall–Kier alpha value is -0.0500. The average molecular weight is 180 g/mol. The van der Waals surface area contributed by atoms with Crippen LogP contribution in [0.2, 0.25) is 0 Å². The second-order valence-electron chi connectivity index (χ2n) is 1.36. The summed E-state index contributed by atoms with van der Waals surface area (Å²) in [6.45, 7) is 2.07. The normalized spacial score (nSPS) is 14.4. The van der Waals surface area contributed by atoms with Crippen LogP contribution in [0, 0.1) is 0 Å². The van der Waals surface area contributed by atoms with Crippen LogP contribution in [0.3, 0.4) is 0 Å². The molecule has 0 aliphatic rings. The van der Waals surface area contributed by atoms with E-state index in [0.717, 1.165) is 6.42 Å². The lowest BCUT2D eigenvalue weighted by molar-refractivity contribution is 0.214. The van der Waals surface area contributed by atoms with Crippen molar-refractivity contribution in [3.05, 3.63) is 0 Å². The maximum atomic E-state index is 4.45. The van der Waals surface area contributed by atoms with Crippen LogP contribution in [0.25, 0.3) is 0 Å². The van der Waals surface area contributed by atoms with Gasteiger partial charge in [-0.2, -0.15) is 0 Å². The van der Waals surface area contributed by atoms with E-state index in [1.54, 1.807) is 6.21 Å². The summed E-state index contributed by atoms with van der Waals surface area (Å²) in [6, 6.07) is 0. The highest BCUT2D eigenvalue weighted by molar-refractivity contribution is 9.09. The van der Waals surface area contributed by atoms with Gasteiger partial charge < -0.3 is 4.84 Å². The predicted molar refractivity (Wildman–Crippen MR) is 38.5 cm³/mol. The summed E-state index contributed by atoms with van der Waals surface area (Å²) in [5, 5.41) is 3.57. The van der Waals surface area contributed by atoms with Gasteiger partial charge in [0.1, 0.15) is 7.11 Å². The molecule has 0 aliphatic carbocycles. The Bertz CT molecular complexity index is 74.8. The smallest absolute Gasteiger partial charge is 0.106 e. The van der Waals surface area contributed by atoms with Gasteiger partial charge in [-0.25, -0.2) is 0 Å². The molecule has 0 bridgehead atoms. The van der Waals surface area contributed by atoms with E-state index in [1.165, 1.54) is 7.11 Å². The molecule has 3 heteroatoms. The van der Waals surface area contributed by atoms with Gasteiger partial charge >= 0.3 is 0 Å². The van der Waals surface area contributed by atoms with Crippen molar-refractivity contribution in [3.8, 4) is 0 Å². The number of halogens is 1. The zero-order valence-corrected chi connectivity index (χ0v) is 6.68. The fourth-order valence-corrected chi connectivity index (χ4v) is 0.329. The van der Waals surface area contributed by atoms with Crippen molar-refractivity contribution in [2.24, 2.45) is 5.16 Å². The minimum absolute atomic E-state index is 0.349. The molecule has 0 radical (unpaired) electrons. The third kappa shape index (κ3) is 4.12. The van der Waals surface area contributed by atoms with E-state index in [2.05, 4.69) is 32.8 Å². The first-order valence-corrected chi connectivity index (χ1v) is 3.43. The molecular weight excluding hydrogens is 170 g/mol. The molecule has 8 heavy (non-hydrogen) atoms. The number of oxime groups is 1. The molecule has 0 saturated heterocycles. The van der Waals surface area contributed by atoms with Crippen LogP contribution in [0.4, 0.5) is 0 Å². The van der Waals surface area contributed by atoms with Gasteiger partial charge in [0, 0.05) is 0 Å². The molecule has 2 nitrogen and oxygen atoms in total. The lowest BCUT2D eigenvalue weighted by atomic mass is 10.4. The van der Waals surface area contributed by atoms with Crippen molar-refractivity contribution in [1.29, 1.82) is 0 Å². The first-order valence-electron chi connectivity index (χ1n) is 2.52. The van der Waals surface area contributed by atoms with Gasteiger partial charge in [0.25, 0.3) is 0 Å². The van der Waals surface area contributed by atoms with E-state index in [-0.39, 0.29) is 0 Å². The van der Waals surface area contributed by atoms with Gasteiger partial charge in [0.05, 0.1) is 11.0 Å². The SMILES string of the molecule is CCC(Br)C=NOC. The van der Waals surface area contributed by atoms with E-state index < -0.39 is 0 Å². The summed E-state index contributed by atoms with van der Waals surface area (Å²) < 4.78 is 0. The lowest BCUT2D eigenvalue weighted by Crippen LogP contribution is -1.95. The van der Waals surface area contributed by atoms with Crippen molar-refractivity contribution < 1.29 is 4.84 Å². The molecule has 48 valence electrons. The Morgan fingerprint density at radius 1 is 1.88 bits per heavy atom. The van der Waals surface area contributed by atoms with Crippen LogP contribution in [0.5, 0.6) is 0 Å². The largest absolute Gasteiger partial charge is 0.399 e. The summed E-state index contributed by atoms with van der Waals surface area (Å²) in [5.74, 6) is 0. The molecule has 1 atom stereocenters. The molecule has 0 aromatic rings. The Labute approximate surface area is 58.0 Å². The average Bonchev–Trinajstić information content (AvgIpc) is 1.83. The molecule has 0 fully saturated rings. The van der Waals surface area contributed by atoms with Crippen LogP contribution in [-0.4, -0.2) is 18.2 Å². The van der Waals surface area contributed by atoms with Crippen LogP contribution < -0.4 is 0 Å². The second kappa shape index (κ2) is 5.09. The number of hydrogen-bond donors (Lipinski definition) is 0. The number of rotatable bonds is 3. The minimum Gasteiger partial charge on any atom is -0.399 e. The molecule has 0 heterocycles. The topological polar surface area (TPSA) is 21.6 Å².